The molecular formula is C19H38O4S. The van der Waals surface area contributed by atoms with Gasteiger partial charge in [0.05, 0.1) is 12.7 Å². The van der Waals surface area contributed by atoms with Crippen LogP contribution in [-0.2, 0) is 4.79 Å². The van der Waals surface area contributed by atoms with Gasteiger partial charge in [0.1, 0.15) is 0 Å². The van der Waals surface area contributed by atoms with Crippen LogP contribution in [-0.4, -0.2) is 45.0 Å². The number of aliphatic hydroxyl groups is 2. The molecule has 144 valence electrons. The molecular weight excluding hydrogens is 324 g/mol. The molecule has 0 saturated heterocycles. The summed E-state index contributed by atoms with van der Waals surface area (Å²) >= 11 is 1.84. The highest BCUT2D eigenvalue weighted by Crippen LogP contribution is 2.24. The van der Waals surface area contributed by atoms with Crippen LogP contribution in [0.25, 0.3) is 0 Å². The number of aliphatic hydroxyl groups excluding tert-OH is 2. The number of carboxylic acids is 1. The average molecular weight is 363 g/mol. The lowest BCUT2D eigenvalue weighted by Crippen LogP contribution is -2.10. The maximum Gasteiger partial charge on any atom is 0.303 e. The molecule has 0 aliphatic rings. The molecule has 2 atom stereocenters. The van der Waals surface area contributed by atoms with Crippen molar-refractivity contribution in [3.05, 3.63) is 0 Å². The Kier molecular flexibility index (Phi) is 17.4. The largest absolute Gasteiger partial charge is 0.481 e. The summed E-state index contributed by atoms with van der Waals surface area (Å²) in [4.78, 5) is 10.5. The first-order valence-corrected chi connectivity index (χ1v) is 10.8. The molecule has 2 unspecified atom stereocenters. The van der Waals surface area contributed by atoms with Gasteiger partial charge in [-0.15, -0.1) is 0 Å². The SMILES string of the molecule is CCCCCC(O)CCCC(CCCCCCC(=O)O)SCCO. The molecule has 0 bridgehead atoms. The van der Waals surface area contributed by atoms with E-state index in [1.165, 1.54) is 12.8 Å². The van der Waals surface area contributed by atoms with Crippen LogP contribution in [0.3, 0.4) is 0 Å². The van der Waals surface area contributed by atoms with Crippen LogP contribution in [0.5, 0.6) is 0 Å². The predicted molar refractivity (Wildman–Crippen MR) is 103 cm³/mol. The second-order valence-electron chi connectivity index (χ2n) is 6.64. The quantitative estimate of drug-likeness (QED) is 0.310. The number of thioether (sulfide) groups is 1. The Hall–Kier alpha value is -0.260. The van der Waals surface area contributed by atoms with Gasteiger partial charge in [-0.2, -0.15) is 11.8 Å². The summed E-state index contributed by atoms with van der Waals surface area (Å²) in [6, 6.07) is 0. The molecule has 0 heterocycles. The lowest BCUT2D eigenvalue weighted by molar-refractivity contribution is -0.137. The molecule has 3 N–H and O–H groups in total. The fourth-order valence-electron chi connectivity index (χ4n) is 2.89. The van der Waals surface area contributed by atoms with E-state index in [0.29, 0.717) is 5.25 Å². The first-order chi connectivity index (χ1) is 11.6. The Morgan fingerprint density at radius 3 is 2.21 bits per heavy atom. The first-order valence-electron chi connectivity index (χ1n) is 9.72. The van der Waals surface area contributed by atoms with E-state index in [9.17, 15) is 9.90 Å². The number of rotatable bonds is 18. The van der Waals surface area contributed by atoms with Crippen molar-refractivity contribution in [2.75, 3.05) is 12.4 Å². The third-order valence-corrected chi connectivity index (χ3v) is 5.68. The van der Waals surface area contributed by atoms with Gasteiger partial charge >= 0.3 is 5.97 Å². The van der Waals surface area contributed by atoms with Crippen molar-refractivity contribution in [2.24, 2.45) is 0 Å². The number of aliphatic carboxylic acids is 1. The smallest absolute Gasteiger partial charge is 0.303 e. The van der Waals surface area contributed by atoms with Crippen LogP contribution in [0, 0.1) is 0 Å². The molecule has 0 amide bonds. The second-order valence-corrected chi connectivity index (χ2v) is 8.05. The molecule has 0 aliphatic heterocycles. The Morgan fingerprint density at radius 2 is 1.54 bits per heavy atom. The third-order valence-electron chi connectivity index (χ3n) is 4.32. The molecule has 5 heteroatoms. The third kappa shape index (κ3) is 16.6. The fraction of sp³-hybridized carbons (Fsp3) is 0.947. The van der Waals surface area contributed by atoms with E-state index in [1.807, 2.05) is 11.8 Å². The minimum atomic E-state index is -0.705. The molecule has 0 fully saturated rings. The number of carbonyl (C=O) groups is 1. The normalized spacial score (nSPS) is 13.8. The number of unbranched alkanes of at least 4 members (excludes halogenated alkanes) is 5. The van der Waals surface area contributed by atoms with Gasteiger partial charge in [-0.3, -0.25) is 4.79 Å². The first kappa shape index (κ1) is 23.7. The standard InChI is InChI=1S/C19H38O4S/c1-2-3-6-10-17(21)11-9-13-18(24-16-15-20)12-7-4-5-8-14-19(22)23/h17-18,20-21H,2-16H2,1H3,(H,22,23). The number of hydrogen-bond donors (Lipinski definition) is 3. The van der Waals surface area contributed by atoms with Crippen molar-refractivity contribution in [2.45, 2.75) is 102 Å². The molecule has 4 nitrogen and oxygen atoms in total. The van der Waals surface area contributed by atoms with Gasteiger partial charge in [-0.05, 0) is 38.5 Å². The molecule has 0 spiro atoms. The molecule has 0 aliphatic carbocycles. The summed E-state index contributed by atoms with van der Waals surface area (Å²) < 4.78 is 0. The van der Waals surface area contributed by atoms with Gasteiger partial charge in [-0.25, -0.2) is 0 Å². The number of carboxylic acid groups (broad SMARTS) is 1. The molecule has 0 aromatic carbocycles. The van der Waals surface area contributed by atoms with Crippen LogP contribution in [0.2, 0.25) is 0 Å². The Bertz CT molecular complexity index is 287. The van der Waals surface area contributed by atoms with E-state index in [0.717, 1.165) is 70.0 Å². The monoisotopic (exact) mass is 362 g/mol. The highest BCUT2D eigenvalue weighted by atomic mass is 32.2. The van der Waals surface area contributed by atoms with Crippen LogP contribution >= 0.6 is 11.8 Å². The van der Waals surface area contributed by atoms with E-state index >= 15 is 0 Å². The minimum Gasteiger partial charge on any atom is -0.481 e. The summed E-state index contributed by atoms with van der Waals surface area (Å²) in [5.74, 6) is 0.0757. The van der Waals surface area contributed by atoms with Gasteiger partial charge in [0.15, 0.2) is 0 Å². The summed E-state index contributed by atoms with van der Waals surface area (Å²) in [6.45, 7) is 2.40. The van der Waals surface area contributed by atoms with E-state index in [-0.39, 0.29) is 19.1 Å². The van der Waals surface area contributed by atoms with Crippen LogP contribution in [0.1, 0.15) is 90.4 Å². The number of hydrogen-bond acceptors (Lipinski definition) is 4. The molecule has 0 aromatic rings. The van der Waals surface area contributed by atoms with E-state index < -0.39 is 5.97 Å². The summed E-state index contributed by atoms with van der Waals surface area (Å²) in [5, 5.41) is 28.2. The Balaban J connectivity index is 3.77. The lowest BCUT2D eigenvalue weighted by atomic mass is 10.0. The van der Waals surface area contributed by atoms with Gasteiger partial charge in [0.2, 0.25) is 0 Å². The van der Waals surface area contributed by atoms with Crippen molar-refractivity contribution in [3.63, 3.8) is 0 Å². The minimum absolute atomic E-state index is 0.156. The highest BCUT2D eigenvalue weighted by Gasteiger charge is 2.11. The van der Waals surface area contributed by atoms with Crippen LogP contribution < -0.4 is 0 Å². The summed E-state index contributed by atoms with van der Waals surface area (Å²) in [7, 11) is 0. The molecule has 0 saturated carbocycles. The Labute approximate surface area is 152 Å². The molecule has 0 rings (SSSR count). The zero-order valence-electron chi connectivity index (χ0n) is 15.4. The molecule has 0 radical (unpaired) electrons. The predicted octanol–water partition coefficient (Wildman–Crippen LogP) is 4.62. The zero-order chi connectivity index (χ0) is 18.0. The lowest BCUT2D eigenvalue weighted by Gasteiger charge is -2.17. The van der Waals surface area contributed by atoms with E-state index in [1.54, 1.807) is 0 Å². The average Bonchev–Trinajstić information content (AvgIpc) is 2.55. The van der Waals surface area contributed by atoms with Gasteiger partial charge < -0.3 is 15.3 Å². The van der Waals surface area contributed by atoms with Crippen molar-refractivity contribution in [1.82, 2.24) is 0 Å². The molecule has 0 aromatic heterocycles. The van der Waals surface area contributed by atoms with Crippen LogP contribution in [0.15, 0.2) is 0 Å². The van der Waals surface area contributed by atoms with Crippen LogP contribution in [0.4, 0.5) is 0 Å². The summed E-state index contributed by atoms with van der Waals surface area (Å²) in [5.41, 5.74) is 0. The van der Waals surface area contributed by atoms with Gasteiger partial charge in [0.25, 0.3) is 0 Å². The summed E-state index contributed by atoms with van der Waals surface area (Å²) in [6.07, 6.45) is 12.7. The highest BCUT2D eigenvalue weighted by molar-refractivity contribution is 7.99. The second kappa shape index (κ2) is 17.6. The van der Waals surface area contributed by atoms with Crippen molar-refractivity contribution < 1.29 is 20.1 Å². The van der Waals surface area contributed by atoms with E-state index in [4.69, 9.17) is 10.2 Å². The van der Waals surface area contributed by atoms with Gasteiger partial charge in [-0.1, -0.05) is 45.4 Å². The maximum atomic E-state index is 10.5. The molecule has 24 heavy (non-hydrogen) atoms. The zero-order valence-corrected chi connectivity index (χ0v) is 16.2. The Morgan fingerprint density at radius 1 is 0.917 bits per heavy atom. The topological polar surface area (TPSA) is 77.8 Å². The van der Waals surface area contributed by atoms with Crippen molar-refractivity contribution in [1.29, 1.82) is 0 Å². The van der Waals surface area contributed by atoms with Crippen molar-refractivity contribution >= 4 is 17.7 Å². The van der Waals surface area contributed by atoms with Crippen molar-refractivity contribution in [3.8, 4) is 0 Å². The maximum absolute atomic E-state index is 10.5. The van der Waals surface area contributed by atoms with E-state index in [2.05, 4.69) is 6.92 Å². The fourth-order valence-corrected chi connectivity index (χ4v) is 3.99. The van der Waals surface area contributed by atoms with Gasteiger partial charge in [0, 0.05) is 17.4 Å².